The van der Waals surface area contributed by atoms with Crippen molar-refractivity contribution in [2.24, 2.45) is 0 Å². The molecule has 0 saturated carbocycles. The second kappa shape index (κ2) is 7.17. The topological polar surface area (TPSA) is 67.8 Å². The molecule has 0 amide bonds. The molecular formula is C17H23N3O2S. The fourth-order valence-electron chi connectivity index (χ4n) is 2.20. The molecule has 23 heavy (non-hydrogen) atoms. The molecule has 124 valence electrons. The molecular weight excluding hydrogens is 310 g/mol. The maximum absolute atomic E-state index is 12.3. The molecule has 1 aromatic heterocycles. The molecule has 1 aromatic carbocycles. The van der Waals surface area contributed by atoms with Crippen molar-refractivity contribution in [1.29, 1.82) is 0 Å². The van der Waals surface area contributed by atoms with Crippen LogP contribution >= 0.6 is 11.8 Å². The molecule has 0 aliphatic heterocycles. The van der Waals surface area contributed by atoms with Gasteiger partial charge in [-0.15, -0.1) is 5.10 Å². The van der Waals surface area contributed by atoms with Crippen molar-refractivity contribution in [3.8, 4) is 0 Å². The fraction of sp³-hybridized carbons (Fsp3) is 0.471. The van der Waals surface area contributed by atoms with Crippen LogP contribution in [0.15, 0.2) is 34.2 Å². The van der Waals surface area contributed by atoms with Crippen LogP contribution < -0.4 is 5.69 Å². The predicted octanol–water partition coefficient (Wildman–Crippen LogP) is 3.25. The van der Waals surface area contributed by atoms with E-state index in [4.69, 9.17) is 0 Å². The van der Waals surface area contributed by atoms with Gasteiger partial charge in [0, 0.05) is 12.1 Å². The van der Waals surface area contributed by atoms with Crippen LogP contribution in [0.3, 0.4) is 0 Å². The van der Waals surface area contributed by atoms with Crippen LogP contribution in [0.5, 0.6) is 0 Å². The van der Waals surface area contributed by atoms with Crippen LogP contribution in [0.2, 0.25) is 0 Å². The number of carbonyl (C=O) groups excluding carboxylic acids is 1. The van der Waals surface area contributed by atoms with E-state index in [1.807, 2.05) is 31.2 Å². The molecule has 0 radical (unpaired) electrons. The average Bonchev–Trinajstić information content (AvgIpc) is 2.85. The van der Waals surface area contributed by atoms with Gasteiger partial charge in [0.1, 0.15) is 0 Å². The number of aromatic amines is 1. The number of H-pyrrole nitrogens is 1. The van der Waals surface area contributed by atoms with E-state index in [0.717, 1.165) is 6.42 Å². The summed E-state index contributed by atoms with van der Waals surface area (Å²) in [6, 6.07) is 7.74. The Balaban J connectivity index is 2.04. The number of rotatable bonds is 6. The molecule has 0 aliphatic rings. The molecule has 6 heteroatoms. The van der Waals surface area contributed by atoms with E-state index in [1.165, 1.54) is 17.3 Å². The Hall–Kier alpha value is -1.82. The summed E-state index contributed by atoms with van der Waals surface area (Å²) >= 11 is 1.29. The molecule has 0 unspecified atom stereocenters. The summed E-state index contributed by atoms with van der Waals surface area (Å²) in [5, 5.41) is 6.98. The molecule has 5 nitrogen and oxygen atoms in total. The lowest BCUT2D eigenvalue weighted by molar-refractivity contribution is 0.102. The molecule has 1 N–H and O–H groups in total. The number of Topliss-reactive ketones (excluding diaryl/α,β-unsaturated/α-hetero) is 1. The Labute approximate surface area is 140 Å². The standard InChI is InChI=1S/C17H23N3O2S/c1-5-10-20-15(22)18-19-16(20)23-11-14(21)12-6-8-13(9-7-12)17(2,3)4/h6-9H,5,10-11H2,1-4H3,(H,18,22). The lowest BCUT2D eigenvalue weighted by atomic mass is 9.86. The quantitative estimate of drug-likeness (QED) is 0.651. The second-order valence-electron chi connectivity index (χ2n) is 6.50. The Morgan fingerprint density at radius 1 is 1.26 bits per heavy atom. The van der Waals surface area contributed by atoms with E-state index < -0.39 is 0 Å². The number of carbonyl (C=O) groups is 1. The predicted molar refractivity (Wildman–Crippen MR) is 93.3 cm³/mol. The molecule has 0 spiro atoms. The van der Waals surface area contributed by atoms with Crippen LogP contribution in [-0.2, 0) is 12.0 Å². The fourth-order valence-corrected chi connectivity index (χ4v) is 3.07. The summed E-state index contributed by atoms with van der Waals surface area (Å²) < 4.78 is 1.57. The van der Waals surface area contributed by atoms with Gasteiger partial charge in [0.25, 0.3) is 0 Å². The van der Waals surface area contributed by atoms with Gasteiger partial charge in [-0.1, -0.05) is 63.7 Å². The molecule has 0 atom stereocenters. The Kier molecular flexibility index (Phi) is 5.46. The van der Waals surface area contributed by atoms with Crippen LogP contribution in [0.1, 0.15) is 50.0 Å². The highest BCUT2D eigenvalue weighted by atomic mass is 32.2. The number of nitrogens with one attached hydrogen (secondary N) is 1. The first-order valence-electron chi connectivity index (χ1n) is 7.74. The Bertz CT molecular complexity index is 724. The van der Waals surface area contributed by atoms with Gasteiger partial charge in [-0.2, -0.15) is 0 Å². The van der Waals surface area contributed by atoms with Gasteiger partial charge in [-0.25, -0.2) is 9.89 Å². The van der Waals surface area contributed by atoms with Crippen LogP contribution in [0.25, 0.3) is 0 Å². The van der Waals surface area contributed by atoms with Crippen molar-refractivity contribution in [2.75, 3.05) is 5.75 Å². The zero-order valence-electron chi connectivity index (χ0n) is 14.0. The minimum absolute atomic E-state index is 0.0361. The third-order valence-corrected chi connectivity index (χ3v) is 4.55. The van der Waals surface area contributed by atoms with Crippen molar-refractivity contribution in [3.05, 3.63) is 45.9 Å². The number of thioether (sulfide) groups is 1. The maximum atomic E-state index is 12.3. The summed E-state index contributed by atoms with van der Waals surface area (Å²) in [4.78, 5) is 23.9. The molecule has 1 heterocycles. The van der Waals surface area contributed by atoms with Gasteiger partial charge < -0.3 is 0 Å². The van der Waals surface area contributed by atoms with E-state index in [2.05, 4.69) is 31.0 Å². The first kappa shape index (κ1) is 17.5. The Morgan fingerprint density at radius 2 is 1.91 bits per heavy atom. The van der Waals surface area contributed by atoms with Gasteiger partial charge in [-0.05, 0) is 17.4 Å². The number of aromatic nitrogens is 3. The van der Waals surface area contributed by atoms with E-state index in [1.54, 1.807) is 4.57 Å². The molecule has 0 saturated heterocycles. The number of hydrogen-bond acceptors (Lipinski definition) is 4. The normalized spacial score (nSPS) is 11.7. The zero-order valence-corrected chi connectivity index (χ0v) is 14.9. The first-order valence-corrected chi connectivity index (χ1v) is 8.73. The van der Waals surface area contributed by atoms with Gasteiger partial charge in [0.2, 0.25) is 0 Å². The van der Waals surface area contributed by atoms with Gasteiger partial charge >= 0.3 is 5.69 Å². The first-order chi connectivity index (χ1) is 10.8. The largest absolute Gasteiger partial charge is 0.343 e. The van der Waals surface area contributed by atoms with Gasteiger partial charge in [-0.3, -0.25) is 9.36 Å². The van der Waals surface area contributed by atoms with Crippen molar-refractivity contribution in [3.63, 3.8) is 0 Å². The molecule has 2 aromatic rings. The molecule has 0 fully saturated rings. The lowest BCUT2D eigenvalue weighted by Crippen LogP contribution is -2.17. The minimum atomic E-state index is -0.226. The van der Waals surface area contributed by atoms with E-state index >= 15 is 0 Å². The lowest BCUT2D eigenvalue weighted by Gasteiger charge is -2.18. The van der Waals surface area contributed by atoms with E-state index in [0.29, 0.717) is 17.3 Å². The van der Waals surface area contributed by atoms with Gasteiger partial charge in [0.15, 0.2) is 10.9 Å². The maximum Gasteiger partial charge on any atom is 0.343 e. The molecule has 0 aliphatic carbocycles. The highest BCUT2D eigenvalue weighted by molar-refractivity contribution is 7.99. The zero-order chi connectivity index (χ0) is 17.0. The van der Waals surface area contributed by atoms with Crippen LogP contribution in [0.4, 0.5) is 0 Å². The highest BCUT2D eigenvalue weighted by Crippen LogP contribution is 2.23. The van der Waals surface area contributed by atoms with E-state index in [-0.39, 0.29) is 22.6 Å². The minimum Gasteiger partial charge on any atom is -0.293 e. The smallest absolute Gasteiger partial charge is 0.293 e. The molecule has 0 bridgehead atoms. The van der Waals surface area contributed by atoms with Crippen molar-refractivity contribution < 1.29 is 4.79 Å². The monoisotopic (exact) mass is 333 g/mol. The summed E-state index contributed by atoms with van der Waals surface area (Å²) in [6.45, 7) is 9.03. The van der Waals surface area contributed by atoms with Crippen LogP contribution in [0, 0.1) is 0 Å². The highest BCUT2D eigenvalue weighted by Gasteiger charge is 2.15. The molecule has 2 rings (SSSR count). The second-order valence-corrected chi connectivity index (χ2v) is 7.44. The Morgan fingerprint density at radius 3 is 2.48 bits per heavy atom. The third-order valence-electron chi connectivity index (χ3n) is 3.58. The van der Waals surface area contributed by atoms with Crippen molar-refractivity contribution in [1.82, 2.24) is 14.8 Å². The van der Waals surface area contributed by atoms with Crippen molar-refractivity contribution in [2.45, 2.75) is 51.2 Å². The number of benzene rings is 1. The van der Waals surface area contributed by atoms with E-state index in [9.17, 15) is 9.59 Å². The average molecular weight is 333 g/mol. The van der Waals surface area contributed by atoms with Crippen molar-refractivity contribution >= 4 is 17.5 Å². The third kappa shape index (κ3) is 4.34. The summed E-state index contributed by atoms with van der Waals surface area (Å²) in [7, 11) is 0. The van der Waals surface area contributed by atoms with Gasteiger partial charge in [0.05, 0.1) is 5.75 Å². The summed E-state index contributed by atoms with van der Waals surface area (Å²) in [6.07, 6.45) is 0.842. The SMILES string of the molecule is CCCn1c(SCC(=O)c2ccc(C(C)(C)C)cc2)n[nH]c1=O. The number of hydrogen-bond donors (Lipinski definition) is 1. The number of ketones is 1. The number of nitrogens with zero attached hydrogens (tertiary/aromatic N) is 2. The van der Waals surface area contributed by atoms with Crippen LogP contribution in [-0.4, -0.2) is 26.3 Å². The summed E-state index contributed by atoms with van der Waals surface area (Å²) in [5.41, 5.74) is 1.73. The summed E-state index contributed by atoms with van der Waals surface area (Å²) in [5.74, 6) is 0.303.